The first-order valence-corrected chi connectivity index (χ1v) is 9.51. The van der Waals surface area contributed by atoms with E-state index >= 15 is 0 Å². The third kappa shape index (κ3) is 4.64. The standard InChI is InChI=1S/C15H16N2O4S2/c1-9-7-12(13(16)18)15(22-9)17-14(19)11-5-3-10(4-6-11)8-23(2,20)21/h3-7H,8H2,1-2H3,(H2,16,18)(H,17,19). The quantitative estimate of drug-likeness (QED) is 0.857. The van der Waals surface area contributed by atoms with Crippen LogP contribution < -0.4 is 11.1 Å². The first-order chi connectivity index (χ1) is 10.7. The number of sulfone groups is 1. The fraction of sp³-hybridized carbons (Fsp3) is 0.200. The van der Waals surface area contributed by atoms with Crippen molar-refractivity contribution in [3.8, 4) is 0 Å². The van der Waals surface area contributed by atoms with Gasteiger partial charge in [-0.2, -0.15) is 0 Å². The molecule has 0 atom stereocenters. The summed E-state index contributed by atoms with van der Waals surface area (Å²) < 4.78 is 22.5. The zero-order chi connectivity index (χ0) is 17.2. The molecule has 6 nitrogen and oxygen atoms in total. The first-order valence-electron chi connectivity index (χ1n) is 6.64. The number of carbonyl (C=O) groups is 2. The minimum absolute atomic E-state index is 0.0785. The number of thiophene rings is 1. The van der Waals surface area contributed by atoms with Gasteiger partial charge in [0, 0.05) is 16.7 Å². The summed E-state index contributed by atoms with van der Waals surface area (Å²) in [5.74, 6) is -1.07. The largest absolute Gasteiger partial charge is 0.366 e. The van der Waals surface area contributed by atoms with Crippen molar-refractivity contribution in [2.75, 3.05) is 11.6 Å². The van der Waals surface area contributed by atoms with Crippen LogP contribution >= 0.6 is 11.3 Å². The van der Waals surface area contributed by atoms with E-state index < -0.39 is 15.7 Å². The molecule has 2 rings (SSSR count). The number of nitrogens with one attached hydrogen (secondary N) is 1. The SMILES string of the molecule is Cc1cc(C(N)=O)c(NC(=O)c2ccc(CS(C)(=O)=O)cc2)s1. The molecule has 23 heavy (non-hydrogen) atoms. The van der Waals surface area contributed by atoms with Crippen LogP contribution in [0, 0.1) is 6.92 Å². The smallest absolute Gasteiger partial charge is 0.256 e. The number of rotatable bonds is 5. The molecule has 1 aromatic heterocycles. The van der Waals surface area contributed by atoms with Gasteiger partial charge in [-0.05, 0) is 30.7 Å². The van der Waals surface area contributed by atoms with Crippen molar-refractivity contribution in [1.29, 1.82) is 0 Å². The molecule has 0 radical (unpaired) electrons. The van der Waals surface area contributed by atoms with Crippen LogP contribution in [-0.2, 0) is 15.6 Å². The summed E-state index contributed by atoms with van der Waals surface area (Å²) in [5.41, 5.74) is 6.52. The number of aryl methyl sites for hydroxylation is 1. The molecule has 0 unspecified atom stereocenters. The van der Waals surface area contributed by atoms with Crippen LogP contribution in [-0.4, -0.2) is 26.5 Å². The number of anilines is 1. The van der Waals surface area contributed by atoms with E-state index in [1.54, 1.807) is 30.3 Å². The monoisotopic (exact) mass is 352 g/mol. The molecule has 1 heterocycles. The Labute approximate surface area is 138 Å². The molecule has 0 aliphatic rings. The van der Waals surface area contributed by atoms with E-state index in [1.807, 2.05) is 6.92 Å². The number of hydrogen-bond donors (Lipinski definition) is 2. The Hall–Kier alpha value is -2.19. The second-order valence-corrected chi connectivity index (χ2v) is 8.58. The molecule has 2 amide bonds. The zero-order valence-electron chi connectivity index (χ0n) is 12.6. The van der Waals surface area contributed by atoms with Gasteiger partial charge < -0.3 is 11.1 Å². The van der Waals surface area contributed by atoms with Gasteiger partial charge in [-0.3, -0.25) is 9.59 Å². The molecule has 0 saturated carbocycles. The fourth-order valence-corrected chi connectivity index (χ4v) is 3.73. The minimum Gasteiger partial charge on any atom is -0.366 e. The van der Waals surface area contributed by atoms with Crippen molar-refractivity contribution in [3.05, 3.63) is 51.9 Å². The second kappa shape index (κ2) is 6.51. The third-order valence-electron chi connectivity index (χ3n) is 2.99. The molecular formula is C15H16N2O4S2. The Balaban J connectivity index is 2.17. The van der Waals surface area contributed by atoms with Crippen LogP contribution in [0.15, 0.2) is 30.3 Å². The molecule has 122 valence electrons. The number of carbonyl (C=O) groups excluding carboxylic acids is 2. The lowest BCUT2D eigenvalue weighted by molar-refractivity contribution is 0.100. The minimum atomic E-state index is -3.12. The predicted octanol–water partition coefficient (Wildman–Crippen LogP) is 1.95. The molecule has 0 fully saturated rings. The van der Waals surface area contributed by atoms with Crippen LogP contribution in [0.2, 0.25) is 0 Å². The van der Waals surface area contributed by atoms with E-state index in [9.17, 15) is 18.0 Å². The maximum Gasteiger partial charge on any atom is 0.256 e. The number of hydrogen-bond acceptors (Lipinski definition) is 5. The van der Waals surface area contributed by atoms with Gasteiger partial charge in [0.05, 0.1) is 11.3 Å². The summed E-state index contributed by atoms with van der Waals surface area (Å²) in [6, 6.07) is 7.88. The molecule has 0 saturated heterocycles. The number of primary amides is 1. The van der Waals surface area contributed by atoms with Crippen LogP contribution in [0.25, 0.3) is 0 Å². The van der Waals surface area contributed by atoms with Gasteiger partial charge in [0.2, 0.25) is 0 Å². The molecule has 0 aliphatic carbocycles. The van der Waals surface area contributed by atoms with Crippen molar-refractivity contribution in [2.45, 2.75) is 12.7 Å². The lowest BCUT2D eigenvalue weighted by Gasteiger charge is -2.06. The lowest BCUT2D eigenvalue weighted by Crippen LogP contribution is -2.16. The lowest BCUT2D eigenvalue weighted by atomic mass is 10.1. The maximum atomic E-state index is 12.2. The predicted molar refractivity (Wildman–Crippen MR) is 90.5 cm³/mol. The van der Waals surface area contributed by atoms with E-state index in [2.05, 4.69) is 5.32 Å². The van der Waals surface area contributed by atoms with Crippen molar-refractivity contribution >= 4 is 38.0 Å². The third-order valence-corrected chi connectivity index (χ3v) is 4.82. The first kappa shape index (κ1) is 17.2. The normalized spacial score (nSPS) is 11.2. The van der Waals surface area contributed by atoms with Crippen LogP contribution in [0.4, 0.5) is 5.00 Å². The summed E-state index contributed by atoms with van der Waals surface area (Å²) in [6.45, 7) is 1.81. The van der Waals surface area contributed by atoms with Crippen LogP contribution in [0.1, 0.15) is 31.2 Å². The zero-order valence-corrected chi connectivity index (χ0v) is 14.3. The maximum absolute atomic E-state index is 12.2. The van der Waals surface area contributed by atoms with Crippen LogP contribution in [0.3, 0.4) is 0 Å². The van der Waals surface area contributed by atoms with Gasteiger partial charge in [-0.25, -0.2) is 8.42 Å². The Kier molecular flexibility index (Phi) is 4.86. The second-order valence-electron chi connectivity index (χ2n) is 5.19. The Morgan fingerprint density at radius 3 is 2.35 bits per heavy atom. The average Bonchev–Trinajstić information content (AvgIpc) is 2.78. The van der Waals surface area contributed by atoms with E-state index in [-0.39, 0.29) is 17.2 Å². The van der Waals surface area contributed by atoms with Gasteiger partial charge in [0.1, 0.15) is 5.00 Å². The Bertz CT molecular complexity index is 852. The average molecular weight is 352 g/mol. The topological polar surface area (TPSA) is 106 Å². The van der Waals surface area contributed by atoms with Gasteiger partial charge in [-0.1, -0.05) is 12.1 Å². The number of benzene rings is 1. The molecule has 0 spiro atoms. The molecule has 0 bridgehead atoms. The van der Waals surface area contributed by atoms with Gasteiger partial charge in [-0.15, -0.1) is 11.3 Å². The highest BCUT2D eigenvalue weighted by molar-refractivity contribution is 7.89. The summed E-state index contributed by atoms with van der Waals surface area (Å²) in [5, 5.41) is 3.06. The molecule has 3 N–H and O–H groups in total. The molecule has 1 aromatic carbocycles. The highest BCUT2D eigenvalue weighted by Crippen LogP contribution is 2.27. The van der Waals surface area contributed by atoms with E-state index in [1.165, 1.54) is 11.3 Å². The van der Waals surface area contributed by atoms with Crippen LogP contribution in [0.5, 0.6) is 0 Å². The van der Waals surface area contributed by atoms with Crippen molar-refractivity contribution in [2.24, 2.45) is 5.73 Å². The van der Waals surface area contributed by atoms with Crippen molar-refractivity contribution in [1.82, 2.24) is 0 Å². The summed E-state index contributed by atoms with van der Waals surface area (Å²) >= 11 is 1.26. The molecule has 0 aliphatic heterocycles. The summed E-state index contributed by atoms with van der Waals surface area (Å²) in [4.78, 5) is 24.4. The summed E-state index contributed by atoms with van der Waals surface area (Å²) in [6.07, 6.45) is 1.15. The van der Waals surface area contributed by atoms with E-state index in [0.29, 0.717) is 16.1 Å². The van der Waals surface area contributed by atoms with Gasteiger partial charge >= 0.3 is 0 Å². The number of nitrogens with two attached hydrogens (primary N) is 1. The highest BCUT2D eigenvalue weighted by atomic mass is 32.2. The molecular weight excluding hydrogens is 336 g/mol. The number of amides is 2. The van der Waals surface area contributed by atoms with E-state index in [4.69, 9.17) is 5.73 Å². The van der Waals surface area contributed by atoms with Gasteiger partial charge in [0.15, 0.2) is 9.84 Å². The highest BCUT2D eigenvalue weighted by Gasteiger charge is 2.15. The van der Waals surface area contributed by atoms with Crippen molar-refractivity contribution < 1.29 is 18.0 Å². The fourth-order valence-electron chi connectivity index (χ4n) is 2.02. The van der Waals surface area contributed by atoms with E-state index in [0.717, 1.165) is 11.1 Å². The Morgan fingerprint density at radius 1 is 1.22 bits per heavy atom. The molecule has 2 aromatic rings. The van der Waals surface area contributed by atoms with Crippen molar-refractivity contribution in [3.63, 3.8) is 0 Å². The summed E-state index contributed by atoms with van der Waals surface area (Å²) in [7, 11) is -3.12. The molecule has 8 heteroatoms. The Morgan fingerprint density at radius 2 is 1.83 bits per heavy atom. The van der Waals surface area contributed by atoms with Gasteiger partial charge in [0.25, 0.3) is 11.8 Å².